The van der Waals surface area contributed by atoms with Gasteiger partial charge in [0.25, 0.3) is 0 Å². The predicted octanol–water partition coefficient (Wildman–Crippen LogP) is 3.16. The predicted molar refractivity (Wildman–Crippen MR) is 62.0 cm³/mol. The van der Waals surface area contributed by atoms with Gasteiger partial charge in [-0.05, 0) is 30.5 Å². The summed E-state index contributed by atoms with van der Waals surface area (Å²) in [6, 6.07) is 7.66. The highest BCUT2D eigenvalue weighted by atomic mass is 35.5. The van der Waals surface area contributed by atoms with E-state index in [1.165, 1.54) is 6.42 Å². The molecule has 2 rings (SSSR count). The summed E-state index contributed by atoms with van der Waals surface area (Å²) in [5.41, 5.74) is 1.93. The summed E-state index contributed by atoms with van der Waals surface area (Å²) in [7, 11) is 0. The van der Waals surface area contributed by atoms with Crippen LogP contribution in [0.4, 0.5) is 5.69 Å². The number of carbonyl (C=O) groups is 1. The molecule has 0 unspecified atom stereocenters. The van der Waals surface area contributed by atoms with E-state index < -0.39 is 0 Å². The Morgan fingerprint density at radius 1 is 1.33 bits per heavy atom. The lowest BCUT2D eigenvalue weighted by molar-refractivity contribution is -0.122. The van der Waals surface area contributed by atoms with Gasteiger partial charge in [0.15, 0.2) is 0 Å². The number of alkyl halides is 1. The molecule has 0 radical (unpaired) electrons. The van der Waals surface area contributed by atoms with Crippen LogP contribution in [0.15, 0.2) is 24.3 Å². The summed E-state index contributed by atoms with van der Waals surface area (Å²) in [5.74, 6) is 0.897. The van der Waals surface area contributed by atoms with Crippen LogP contribution < -0.4 is 5.32 Å². The Hall–Kier alpha value is -1.02. The van der Waals surface area contributed by atoms with Gasteiger partial charge >= 0.3 is 0 Å². The summed E-state index contributed by atoms with van der Waals surface area (Å²) < 4.78 is 0. The van der Waals surface area contributed by atoms with E-state index in [9.17, 15) is 4.79 Å². The largest absolute Gasteiger partial charge is 0.326 e. The first-order chi connectivity index (χ1) is 7.29. The van der Waals surface area contributed by atoms with Crippen molar-refractivity contribution in [1.82, 2.24) is 0 Å². The van der Waals surface area contributed by atoms with Crippen LogP contribution in [0.5, 0.6) is 0 Å². The van der Waals surface area contributed by atoms with Crippen molar-refractivity contribution in [2.24, 2.45) is 5.92 Å². The number of halogens is 1. The Morgan fingerprint density at radius 2 is 2.00 bits per heavy atom. The van der Waals surface area contributed by atoms with Gasteiger partial charge in [0.05, 0.1) is 0 Å². The minimum atomic E-state index is 0.153. The molecule has 80 valence electrons. The van der Waals surface area contributed by atoms with Crippen molar-refractivity contribution in [3.63, 3.8) is 0 Å². The van der Waals surface area contributed by atoms with E-state index in [1.807, 2.05) is 24.3 Å². The number of hydrogen-bond donors (Lipinski definition) is 1. The lowest BCUT2D eigenvalue weighted by Gasteiger charge is -2.24. The normalized spacial score (nSPS) is 15.8. The maximum atomic E-state index is 11.6. The van der Waals surface area contributed by atoms with Crippen molar-refractivity contribution < 1.29 is 4.79 Å². The molecule has 15 heavy (non-hydrogen) atoms. The van der Waals surface area contributed by atoms with Crippen molar-refractivity contribution >= 4 is 23.2 Å². The minimum Gasteiger partial charge on any atom is -0.326 e. The number of benzene rings is 1. The molecule has 3 heteroatoms. The molecule has 0 aliphatic heterocycles. The fraction of sp³-hybridized carbons (Fsp3) is 0.417. The highest BCUT2D eigenvalue weighted by Gasteiger charge is 2.24. The molecule has 1 N–H and O–H groups in total. The van der Waals surface area contributed by atoms with E-state index in [4.69, 9.17) is 11.6 Å². The molecule has 1 aromatic carbocycles. The molecular formula is C12H14ClNO. The van der Waals surface area contributed by atoms with Crippen LogP contribution >= 0.6 is 11.6 Å². The molecule has 2 nitrogen and oxygen atoms in total. The van der Waals surface area contributed by atoms with Crippen LogP contribution in [-0.2, 0) is 10.7 Å². The summed E-state index contributed by atoms with van der Waals surface area (Å²) in [4.78, 5) is 11.6. The molecule has 0 aromatic heterocycles. The number of nitrogens with one attached hydrogen (secondary N) is 1. The summed E-state index contributed by atoms with van der Waals surface area (Å²) in [5, 5.41) is 2.91. The molecule has 0 heterocycles. The molecule has 1 aliphatic rings. The van der Waals surface area contributed by atoms with E-state index in [1.54, 1.807) is 0 Å². The van der Waals surface area contributed by atoms with Gasteiger partial charge in [-0.2, -0.15) is 0 Å². The van der Waals surface area contributed by atoms with Crippen LogP contribution in [0, 0.1) is 5.92 Å². The van der Waals surface area contributed by atoms with Crippen molar-refractivity contribution in [3.05, 3.63) is 29.8 Å². The second kappa shape index (κ2) is 4.67. The Kier molecular flexibility index (Phi) is 3.27. The van der Waals surface area contributed by atoms with Crippen molar-refractivity contribution in [1.29, 1.82) is 0 Å². The Morgan fingerprint density at radius 3 is 2.47 bits per heavy atom. The number of carbonyl (C=O) groups excluding carboxylic acids is 1. The minimum absolute atomic E-state index is 0.153. The second-order valence-corrected chi connectivity index (χ2v) is 4.21. The van der Waals surface area contributed by atoms with E-state index >= 15 is 0 Å². The van der Waals surface area contributed by atoms with Gasteiger partial charge in [-0.15, -0.1) is 11.6 Å². The highest BCUT2D eigenvalue weighted by Crippen LogP contribution is 2.27. The third-order valence-electron chi connectivity index (χ3n) is 2.85. The first kappa shape index (κ1) is 10.5. The third kappa shape index (κ3) is 2.51. The van der Waals surface area contributed by atoms with Crippen molar-refractivity contribution in [3.8, 4) is 0 Å². The molecule has 1 amide bonds. The van der Waals surface area contributed by atoms with Gasteiger partial charge < -0.3 is 5.32 Å². The number of hydrogen-bond acceptors (Lipinski definition) is 1. The van der Waals surface area contributed by atoms with Gasteiger partial charge in [-0.3, -0.25) is 4.79 Å². The summed E-state index contributed by atoms with van der Waals surface area (Å²) >= 11 is 5.68. The molecule has 0 atom stereocenters. The zero-order valence-electron chi connectivity index (χ0n) is 8.50. The zero-order valence-corrected chi connectivity index (χ0v) is 9.26. The molecule has 0 saturated heterocycles. The van der Waals surface area contributed by atoms with Crippen molar-refractivity contribution in [2.45, 2.75) is 25.1 Å². The Balaban J connectivity index is 1.94. The molecule has 1 aromatic rings. The smallest absolute Gasteiger partial charge is 0.227 e. The first-order valence-corrected chi connectivity index (χ1v) is 5.79. The first-order valence-electron chi connectivity index (χ1n) is 5.25. The standard InChI is InChI=1S/C12H14ClNO/c13-8-9-4-6-11(7-5-9)14-12(15)10-2-1-3-10/h4-7,10H,1-3,8H2,(H,14,15). The fourth-order valence-corrected chi connectivity index (χ4v) is 1.77. The van der Waals surface area contributed by atoms with Crippen LogP contribution in [0.2, 0.25) is 0 Å². The van der Waals surface area contributed by atoms with E-state index in [-0.39, 0.29) is 11.8 Å². The fourth-order valence-electron chi connectivity index (χ4n) is 1.59. The van der Waals surface area contributed by atoms with Gasteiger partial charge in [0, 0.05) is 17.5 Å². The summed E-state index contributed by atoms with van der Waals surface area (Å²) in [6.45, 7) is 0. The monoisotopic (exact) mass is 223 g/mol. The number of anilines is 1. The topological polar surface area (TPSA) is 29.1 Å². The number of rotatable bonds is 3. The summed E-state index contributed by atoms with van der Waals surface area (Å²) in [6.07, 6.45) is 3.25. The lowest BCUT2D eigenvalue weighted by Crippen LogP contribution is -2.27. The molecule has 0 bridgehead atoms. The van der Waals surface area contributed by atoms with Crippen molar-refractivity contribution in [2.75, 3.05) is 5.32 Å². The molecule has 1 saturated carbocycles. The maximum Gasteiger partial charge on any atom is 0.227 e. The average molecular weight is 224 g/mol. The van der Waals surface area contributed by atoms with Gasteiger partial charge in [0.1, 0.15) is 0 Å². The number of amides is 1. The second-order valence-electron chi connectivity index (χ2n) is 3.95. The zero-order chi connectivity index (χ0) is 10.7. The van der Waals surface area contributed by atoms with Crippen LogP contribution in [0.1, 0.15) is 24.8 Å². The van der Waals surface area contributed by atoms with E-state index in [2.05, 4.69) is 5.32 Å². The average Bonchev–Trinajstić information content (AvgIpc) is 2.16. The van der Waals surface area contributed by atoms with E-state index in [0.717, 1.165) is 24.1 Å². The Labute approximate surface area is 94.6 Å². The molecule has 1 fully saturated rings. The quantitative estimate of drug-likeness (QED) is 0.784. The molecular weight excluding hydrogens is 210 g/mol. The molecule has 1 aliphatic carbocycles. The van der Waals surface area contributed by atoms with Crippen LogP contribution in [-0.4, -0.2) is 5.91 Å². The SMILES string of the molecule is O=C(Nc1ccc(CCl)cc1)C1CCC1. The maximum absolute atomic E-state index is 11.6. The Bertz CT molecular complexity index is 343. The third-order valence-corrected chi connectivity index (χ3v) is 3.16. The van der Waals surface area contributed by atoms with Gasteiger partial charge in [-0.25, -0.2) is 0 Å². The lowest BCUT2D eigenvalue weighted by atomic mass is 9.85. The highest BCUT2D eigenvalue weighted by molar-refractivity contribution is 6.17. The van der Waals surface area contributed by atoms with Gasteiger partial charge in [0.2, 0.25) is 5.91 Å². The molecule has 0 spiro atoms. The van der Waals surface area contributed by atoms with Crippen LogP contribution in [0.25, 0.3) is 0 Å². The van der Waals surface area contributed by atoms with Gasteiger partial charge in [-0.1, -0.05) is 18.6 Å². The van der Waals surface area contributed by atoms with Crippen LogP contribution in [0.3, 0.4) is 0 Å². The van der Waals surface area contributed by atoms with E-state index in [0.29, 0.717) is 5.88 Å².